The van der Waals surface area contributed by atoms with Crippen molar-refractivity contribution in [3.63, 3.8) is 0 Å². The summed E-state index contributed by atoms with van der Waals surface area (Å²) in [6.07, 6.45) is 0.706. The number of benzene rings is 1. The van der Waals surface area contributed by atoms with Gasteiger partial charge in [-0.25, -0.2) is 8.42 Å². The molecule has 0 radical (unpaired) electrons. The molecule has 0 aliphatic heterocycles. The number of hydrogen-bond donors (Lipinski definition) is 4. The Labute approximate surface area is 105 Å². The first-order valence-electron chi connectivity index (χ1n) is 4.56. The maximum Gasteiger partial charge on any atom is 0.488 e. The van der Waals surface area contributed by atoms with Gasteiger partial charge in [0.2, 0.25) is 10.0 Å². The third-order valence-electron chi connectivity index (χ3n) is 1.72. The Morgan fingerprint density at radius 1 is 1.06 bits per heavy atom. The highest BCUT2D eigenvalue weighted by atomic mass is 32.3. The second-order valence-electron chi connectivity index (χ2n) is 3.46. The lowest BCUT2D eigenvalue weighted by atomic mass is 9.80. The number of sulfonamides is 1. The fraction of sp³-hybridized carbons (Fsp3) is 0.143. The summed E-state index contributed by atoms with van der Waals surface area (Å²) in [6.45, 7) is 0. The molecule has 0 saturated carbocycles. The molecule has 0 bridgehead atoms. The molecule has 0 atom stereocenters. The molecule has 0 aromatic heterocycles. The highest BCUT2D eigenvalue weighted by Crippen LogP contribution is 2.06. The molecule has 0 spiro atoms. The summed E-state index contributed by atoms with van der Waals surface area (Å²) >= 11 is 0. The quantitative estimate of drug-likeness (QED) is 0.446. The van der Waals surface area contributed by atoms with Gasteiger partial charge in [0.1, 0.15) is 0 Å². The van der Waals surface area contributed by atoms with Gasteiger partial charge in [-0.2, -0.15) is 8.42 Å². The molecule has 8 nitrogen and oxygen atoms in total. The van der Waals surface area contributed by atoms with Crippen LogP contribution in [0.1, 0.15) is 0 Å². The van der Waals surface area contributed by atoms with Crippen molar-refractivity contribution in [3.05, 3.63) is 24.3 Å². The maximum atomic E-state index is 11.3. The zero-order valence-corrected chi connectivity index (χ0v) is 10.9. The van der Waals surface area contributed by atoms with E-state index in [4.69, 9.17) is 10.0 Å². The minimum atomic E-state index is -4.24. The Hall–Kier alpha value is -1.14. The third-order valence-corrected chi connectivity index (χ3v) is 4.32. The normalized spacial score (nSPS) is 12.2. The van der Waals surface area contributed by atoms with E-state index >= 15 is 0 Å². The first-order valence-corrected chi connectivity index (χ1v) is 7.94. The van der Waals surface area contributed by atoms with Crippen molar-refractivity contribution in [3.8, 4) is 0 Å². The molecule has 1 aromatic carbocycles. The van der Waals surface area contributed by atoms with Crippen LogP contribution in [0.15, 0.2) is 24.3 Å². The summed E-state index contributed by atoms with van der Waals surface area (Å²) in [6, 6.07) is 5.08. The minimum absolute atomic E-state index is 0.0792. The largest absolute Gasteiger partial charge is 0.488 e. The van der Waals surface area contributed by atoms with Crippen LogP contribution in [-0.4, -0.2) is 40.3 Å². The Morgan fingerprint density at radius 3 is 1.94 bits per heavy atom. The van der Waals surface area contributed by atoms with E-state index in [2.05, 4.69) is 0 Å². The van der Waals surface area contributed by atoms with Crippen molar-refractivity contribution in [2.45, 2.75) is 0 Å². The fourth-order valence-electron chi connectivity index (χ4n) is 1.10. The molecule has 0 unspecified atom stereocenters. The molecule has 0 saturated heterocycles. The smallest absolute Gasteiger partial charge is 0.423 e. The molecule has 11 heteroatoms. The molecule has 1 aromatic rings. The van der Waals surface area contributed by atoms with Crippen LogP contribution in [0, 0.1) is 0 Å². The highest BCUT2D eigenvalue weighted by molar-refractivity contribution is 8.05. The number of rotatable bonds is 5. The highest BCUT2D eigenvalue weighted by Gasteiger charge is 2.16. The van der Waals surface area contributed by atoms with Crippen molar-refractivity contribution in [1.29, 1.82) is 0 Å². The molecule has 1 rings (SSSR count). The topological polar surface area (TPSA) is 133 Å². The lowest BCUT2D eigenvalue weighted by Gasteiger charge is -2.08. The second kappa shape index (κ2) is 5.24. The number of hydrogen-bond acceptors (Lipinski definition) is 6. The van der Waals surface area contributed by atoms with Crippen LogP contribution in [0.5, 0.6) is 0 Å². The van der Waals surface area contributed by atoms with Gasteiger partial charge in [0.15, 0.2) is 0 Å². The third kappa shape index (κ3) is 5.02. The Balaban J connectivity index is 2.85. The van der Waals surface area contributed by atoms with E-state index in [0.29, 0.717) is 6.26 Å². The van der Waals surface area contributed by atoms with E-state index in [1.807, 2.05) is 4.72 Å². The molecule has 0 amide bonds. The van der Waals surface area contributed by atoms with Gasteiger partial charge in [-0.05, 0) is 17.6 Å². The molecular formula is C7H11BN2O6S2. The molecule has 100 valence electrons. The van der Waals surface area contributed by atoms with Gasteiger partial charge in [0, 0.05) is 5.69 Å². The molecule has 0 heterocycles. The van der Waals surface area contributed by atoms with Crippen LogP contribution >= 0.6 is 0 Å². The number of nitrogens with one attached hydrogen (secondary N) is 2. The predicted molar refractivity (Wildman–Crippen MR) is 66.8 cm³/mol. The van der Waals surface area contributed by atoms with Gasteiger partial charge in [-0.1, -0.05) is 16.3 Å². The van der Waals surface area contributed by atoms with E-state index in [-0.39, 0.29) is 11.2 Å². The summed E-state index contributed by atoms with van der Waals surface area (Å²) in [5.74, 6) is 0. The van der Waals surface area contributed by atoms with Crippen LogP contribution in [0.25, 0.3) is 0 Å². The molecule has 0 fully saturated rings. The summed E-state index contributed by atoms with van der Waals surface area (Å²) in [5, 5.41) is 17.7. The average Bonchev–Trinajstić information content (AvgIpc) is 2.13. The van der Waals surface area contributed by atoms with Crippen molar-refractivity contribution in [2.75, 3.05) is 11.0 Å². The predicted octanol–water partition coefficient (Wildman–Crippen LogP) is -2.43. The van der Waals surface area contributed by atoms with E-state index in [0.717, 1.165) is 0 Å². The van der Waals surface area contributed by atoms with Gasteiger partial charge in [0.05, 0.1) is 6.26 Å². The first kappa shape index (κ1) is 14.9. The van der Waals surface area contributed by atoms with Gasteiger partial charge in [0.25, 0.3) is 0 Å². The Morgan fingerprint density at radius 2 is 1.56 bits per heavy atom. The van der Waals surface area contributed by atoms with Crippen LogP contribution in [-0.2, 0) is 20.2 Å². The summed E-state index contributed by atoms with van der Waals surface area (Å²) in [4.78, 5) is 0. The standard InChI is InChI=1S/C7H11BN2O6S2/c1-17(13,14)10-18(15,16)9-7-4-2-6(3-5-7)8(11)12/h2-5,9-12H,1H3. The molecule has 0 aliphatic rings. The SMILES string of the molecule is CS(=O)(=O)NS(=O)(=O)Nc1ccc(B(O)O)cc1. The summed E-state index contributed by atoms with van der Waals surface area (Å²) < 4.78 is 47.6. The van der Waals surface area contributed by atoms with Crippen molar-refractivity contribution < 1.29 is 26.9 Å². The van der Waals surface area contributed by atoms with E-state index in [1.54, 1.807) is 0 Å². The van der Waals surface area contributed by atoms with Crippen molar-refractivity contribution in [1.82, 2.24) is 4.13 Å². The van der Waals surface area contributed by atoms with Gasteiger partial charge in [-0.15, -0.1) is 0 Å². The average molecular weight is 294 g/mol. The van der Waals surface area contributed by atoms with Gasteiger partial charge < -0.3 is 10.0 Å². The van der Waals surface area contributed by atoms with E-state index in [1.165, 1.54) is 28.4 Å². The minimum Gasteiger partial charge on any atom is -0.423 e. The lowest BCUT2D eigenvalue weighted by Crippen LogP contribution is -2.34. The maximum absolute atomic E-state index is 11.3. The molecule has 4 N–H and O–H groups in total. The molecule has 0 aliphatic carbocycles. The first-order chi connectivity index (χ1) is 8.09. The molecule has 18 heavy (non-hydrogen) atoms. The monoisotopic (exact) mass is 294 g/mol. The Kier molecular flexibility index (Phi) is 4.34. The summed E-state index contributed by atoms with van der Waals surface area (Å²) in [7, 11) is -9.80. The number of anilines is 1. The van der Waals surface area contributed by atoms with E-state index < -0.39 is 27.4 Å². The fourth-order valence-corrected chi connectivity index (χ4v) is 3.31. The van der Waals surface area contributed by atoms with Crippen LogP contribution < -0.4 is 14.3 Å². The van der Waals surface area contributed by atoms with E-state index in [9.17, 15) is 16.8 Å². The second-order valence-corrected chi connectivity index (χ2v) is 6.88. The Bertz CT molecular complexity index is 610. The van der Waals surface area contributed by atoms with Crippen LogP contribution in [0.4, 0.5) is 5.69 Å². The molecular weight excluding hydrogens is 283 g/mol. The van der Waals surface area contributed by atoms with Crippen LogP contribution in [0.3, 0.4) is 0 Å². The zero-order chi connectivity index (χ0) is 14.0. The van der Waals surface area contributed by atoms with Crippen molar-refractivity contribution >= 4 is 38.5 Å². The van der Waals surface area contributed by atoms with Gasteiger partial charge in [-0.3, -0.25) is 4.72 Å². The van der Waals surface area contributed by atoms with Crippen molar-refractivity contribution in [2.24, 2.45) is 0 Å². The summed E-state index contributed by atoms with van der Waals surface area (Å²) in [5.41, 5.74) is 0.254. The lowest BCUT2D eigenvalue weighted by molar-refractivity contribution is 0.426. The van der Waals surface area contributed by atoms with Gasteiger partial charge >= 0.3 is 17.3 Å². The zero-order valence-electron chi connectivity index (χ0n) is 9.23. The van der Waals surface area contributed by atoms with Crippen LogP contribution in [0.2, 0.25) is 0 Å².